The highest BCUT2D eigenvalue weighted by Gasteiger charge is 2.21. The van der Waals surface area contributed by atoms with E-state index in [1.165, 1.54) is 12.1 Å². The van der Waals surface area contributed by atoms with Crippen molar-refractivity contribution in [1.29, 1.82) is 0 Å². The van der Waals surface area contributed by atoms with Crippen molar-refractivity contribution < 1.29 is 9.13 Å². The number of hydrogen-bond donors (Lipinski definition) is 0. The Morgan fingerprint density at radius 2 is 2.20 bits per heavy atom. The van der Waals surface area contributed by atoms with Crippen LogP contribution in [0.2, 0.25) is 0 Å². The molecule has 1 aromatic carbocycles. The summed E-state index contributed by atoms with van der Waals surface area (Å²) in [5, 5.41) is -0.235. The van der Waals surface area contributed by atoms with Crippen molar-refractivity contribution in [3.63, 3.8) is 0 Å². The van der Waals surface area contributed by atoms with Crippen LogP contribution in [0.5, 0.6) is 0 Å². The van der Waals surface area contributed by atoms with Crippen LogP contribution in [0.15, 0.2) is 18.2 Å². The maximum absolute atomic E-state index is 13.6. The first-order valence-corrected chi connectivity index (χ1v) is 7.32. The SMILES string of the molecule is CCCC(COC)n1c(C(C)Cl)nc2ccc(F)cc21. The van der Waals surface area contributed by atoms with Crippen molar-refractivity contribution in [2.45, 2.75) is 38.1 Å². The summed E-state index contributed by atoms with van der Waals surface area (Å²) in [6, 6.07) is 4.75. The van der Waals surface area contributed by atoms with Crippen LogP contribution in [0.25, 0.3) is 11.0 Å². The molecule has 5 heteroatoms. The Kier molecular flexibility index (Phi) is 5.00. The maximum Gasteiger partial charge on any atom is 0.128 e. The molecular formula is C15H20ClFN2O. The first-order chi connectivity index (χ1) is 9.58. The summed E-state index contributed by atoms with van der Waals surface area (Å²) in [5.74, 6) is 0.503. The highest BCUT2D eigenvalue weighted by Crippen LogP contribution is 2.30. The minimum atomic E-state index is -0.264. The monoisotopic (exact) mass is 298 g/mol. The zero-order chi connectivity index (χ0) is 14.7. The number of imidazole rings is 1. The summed E-state index contributed by atoms with van der Waals surface area (Å²) in [7, 11) is 1.67. The number of hydrogen-bond acceptors (Lipinski definition) is 2. The molecule has 0 radical (unpaired) electrons. The number of aromatic nitrogens is 2. The van der Waals surface area contributed by atoms with Gasteiger partial charge in [-0.2, -0.15) is 0 Å². The zero-order valence-corrected chi connectivity index (χ0v) is 12.8. The minimum Gasteiger partial charge on any atom is -0.383 e. The molecule has 0 amide bonds. The third kappa shape index (κ3) is 2.96. The molecule has 20 heavy (non-hydrogen) atoms. The number of nitrogens with zero attached hydrogens (tertiary/aromatic N) is 2. The average Bonchev–Trinajstić information content (AvgIpc) is 2.77. The Balaban J connectivity index is 2.62. The van der Waals surface area contributed by atoms with Crippen molar-refractivity contribution >= 4 is 22.6 Å². The molecule has 0 N–H and O–H groups in total. The molecule has 3 nitrogen and oxygen atoms in total. The number of halogens is 2. The molecule has 1 heterocycles. The third-order valence-electron chi connectivity index (χ3n) is 3.38. The second-order valence-corrected chi connectivity index (χ2v) is 5.64. The van der Waals surface area contributed by atoms with E-state index >= 15 is 0 Å². The van der Waals surface area contributed by atoms with Crippen LogP contribution in [0.3, 0.4) is 0 Å². The van der Waals surface area contributed by atoms with E-state index in [0.29, 0.717) is 6.61 Å². The molecular weight excluding hydrogens is 279 g/mol. The van der Waals surface area contributed by atoms with Gasteiger partial charge in [0.05, 0.1) is 29.1 Å². The summed E-state index contributed by atoms with van der Waals surface area (Å²) in [6.45, 7) is 4.56. The van der Waals surface area contributed by atoms with E-state index in [4.69, 9.17) is 16.3 Å². The predicted octanol–water partition coefficient (Wildman–Crippen LogP) is 4.46. The molecule has 2 unspecified atom stereocenters. The van der Waals surface area contributed by atoms with Crippen LogP contribution in [0.4, 0.5) is 4.39 Å². The molecule has 0 spiro atoms. The molecule has 0 saturated carbocycles. The molecule has 0 bridgehead atoms. The number of methoxy groups -OCH3 is 1. The standard InChI is InChI=1S/C15H20ClFN2O/c1-4-5-12(9-20-3)19-14-8-11(17)6-7-13(14)18-15(19)10(2)16/h6-8,10,12H,4-5,9H2,1-3H3. The summed E-state index contributed by atoms with van der Waals surface area (Å²) < 4.78 is 20.9. The summed E-state index contributed by atoms with van der Waals surface area (Å²) >= 11 is 6.25. The summed E-state index contributed by atoms with van der Waals surface area (Å²) in [5.41, 5.74) is 1.55. The molecule has 2 atom stereocenters. The largest absolute Gasteiger partial charge is 0.383 e. The molecule has 110 valence electrons. The van der Waals surface area contributed by atoms with E-state index < -0.39 is 0 Å². The molecule has 2 aromatic rings. The second kappa shape index (κ2) is 6.55. The Morgan fingerprint density at radius 3 is 2.80 bits per heavy atom. The van der Waals surface area contributed by atoms with Crippen molar-refractivity contribution in [2.24, 2.45) is 0 Å². The fraction of sp³-hybridized carbons (Fsp3) is 0.533. The van der Waals surface area contributed by atoms with E-state index in [0.717, 1.165) is 29.7 Å². The van der Waals surface area contributed by atoms with Crippen molar-refractivity contribution in [3.8, 4) is 0 Å². The van der Waals surface area contributed by atoms with Gasteiger partial charge in [0.2, 0.25) is 0 Å². The van der Waals surface area contributed by atoms with Gasteiger partial charge >= 0.3 is 0 Å². The fourth-order valence-corrected chi connectivity index (χ4v) is 2.72. The van der Waals surface area contributed by atoms with Gasteiger partial charge in [-0.3, -0.25) is 0 Å². The predicted molar refractivity (Wildman–Crippen MR) is 79.8 cm³/mol. The zero-order valence-electron chi connectivity index (χ0n) is 12.1. The Labute approximate surface area is 123 Å². The second-order valence-electron chi connectivity index (χ2n) is 4.99. The van der Waals surface area contributed by atoms with Crippen molar-refractivity contribution in [3.05, 3.63) is 29.8 Å². The molecule has 1 aromatic heterocycles. The number of rotatable bonds is 6. The van der Waals surface area contributed by atoms with Gasteiger partial charge in [0.25, 0.3) is 0 Å². The smallest absolute Gasteiger partial charge is 0.128 e. The number of fused-ring (bicyclic) bond motifs is 1. The highest BCUT2D eigenvalue weighted by atomic mass is 35.5. The van der Waals surface area contributed by atoms with Crippen molar-refractivity contribution in [2.75, 3.05) is 13.7 Å². The lowest BCUT2D eigenvalue weighted by Crippen LogP contribution is -2.17. The molecule has 2 rings (SSSR count). The van der Waals surface area contributed by atoms with Gasteiger partial charge < -0.3 is 9.30 Å². The first kappa shape index (κ1) is 15.3. The van der Waals surface area contributed by atoms with Gasteiger partial charge in [0, 0.05) is 7.11 Å². The molecule has 0 fully saturated rings. The van der Waals surface area contributed by atoms with Crippen LogP contribution in [-0.2, 0) is 4.74 Å². The lowest BCUT2D eigenvalue weighted by atomic mass is 10.1. The van der Waals surface area contributed by atoms with E-state index in [2.05, 4.69) is 11.9 Å². The van der Waals surface area contributed by atoms with Gasteiger partial charge in [0.15, 0.2) is 0 Å². The third-order valence-corrected chi connectivity index (χ3v) is 3.58. The van der Waals surface area contributed by atoms with Gasteiger partial charge in [-0.05, 0) is 31.5 Å². The quantitative estimate of drug-likeness (QED) is 0.736. The van der Waals surface area contributed by atoms with Crippen LogP contribution < -0.4 is 0 Å². The van der Waals surface area contributed by atoms with E-state index in [1.807, 2.05) is 11.5 Å². The van der Waals surface area contributed by atoms with Gasteiger partial charge in [0.1, 0.15) is 11.6 Å². The van der Waals surface area contributed by atoms with E-state index in [1.54, 1.807) is 13.2 Å². The first-order valence-electron chi connectivity index (χ1n) is 6.88. The molecule has 0 aliphatic rings. The van der Waals surface area contributed by atoms with E-state index in [-0.39, 0.29) is 17.2 Å². The van der Waals surface area contributed by atoms with Crippen LogP contribution in [-0.4, -0.2) is 23.3 Å². The average molecular weight is 299 g/mol. The Hall–Kier alpha value is -1.13. The van der Waals surface area contributed by atoms with E-state index in [9.17, 15) is 4.39 Å². The minimum absolute atomic E-state index is 0.119. The molecule has 0 saturated heterocycles. The molecule has 0 aliphatic heterocycles. The number of ether oxygens (including phenoxy) is 1. The highest BCUT2D eigenvalue weighted by molar-refractivity contribution is 6.20. The normalized spacial score (nSPS) is 14.7. The number of alkyl halides is 1. The summed E-state index contributed by atoms with van der Waals surface area (Å²) in [6.07, 6.45) is 1.95. The van der Waals surface area contributed by atoms with Crippen LogP contribution >= 0.6 is 11.6 Å². The lowest BCUT2D eigenvalue weighted by Gasteiger charge is -2.21. The maximum atomic E-state index is 13.6. The lowest BCUT2D eigenvalue weighted by molar-refractivity contribution is 0.150. The van der Waals surface area contributed by atoms with Crippen LogP contribution in [0, 0.1) is 5.82 Å². The van der Waals surface area contributed by atoms with Gasteiger partial charge in [-0.15, -0.1) is 11.6 Å². The fourth-order valence-electron chi connectivity index (χ4n) is 2.56. The molecule has 0 aliphatic carbocycles. The Morgan fingerprint density at radius 1 is 1.45 bits per heavy atom. The number of benzene rings is 1. The Bertz CT molecular complexity index is 577. The van der Waals surface area contributed by atoms with Crippen molar-refractivity contribution in [1.82, 2.24) is 9.55 Å². The van der Waals surface area contributed by atoms with Crippen LogP contribution in [0.1, 0.15) is 43.9 Å². The van der Waals surface area contributed by atoms with Gasteiger partial charge in [-0.1, -0.05) is 13.3 Å². The summed E-state index contributed by atoms with van der Waals surface area (Å²) in [4.78, 5) is 4.55. The van der Waals surface area contributed by atoms with Gasteiger partial charge in [-0.25, -0.2) is 9.37 Å². The topological polar surface area (TPSA) is 27.1 Å².